The molecule has 0 aliphatic rings. The van der Waals surface area contributed by atoms with Crippen LogP contribution in [0.15, 0.2) is 42.6 Å². The van der Waals surface area contributed by atoms with Gasteiger partial charge in [-0.25, -0.2) is 9.78 Å². The lowest BCUT2D eigenvalue weighted by Crippen LogP contribution is -2.31. The van der Waals surface area contributed by atoms with E-state index in [4.69, 9.17) is 5.26 Å². The van der Waals surface area contributed by atoms with Crippen molar-refractivity contribution in [3.63, 3.8) is 0 Å². The third-order valence-electron chi connectivity index (χ3n) is 3.66. The first-order chi connectivity index (χ1) is 11.7. The van der Waals surface area contributed by atoms with Crippen molar-refractivity contribution in [3.8, 4) is 6.07 Å². The van der Waals surface area contributed by atoms with E-state index in [1.807, 2.05) is 37.3 Å². The minimum atomic E-state index is -0.342. The zero-order chi connectivity index (χ0) is 16.9. The average Bonchev–Trinajstić information content (AvgIpc) is 2.98. The molecular weight excluding hydrogens is 304 g/mol. The fraction of sp³-hybridized carbons (Fsp3) is 0.176. The summed E-state index contributed by atoms with van der Waals surface area (Å²) in [6.45, 7) is 1.91. The van der Waals surface area contributed by atoms with E-state index in [1.165, 1.54) is 0 Å². The van der Waals surface area contributed by atoms with Gasteiger partial charge in [0.05, 0.1) is 29.7 Å². The van der Waals surface area contributed by atoms with Crippen molar-refractivity contribution in [1.29, 1.82) is 5.26 Å². The van der Waals surface area contributed by atoms with E-state index < -0.39 is 0 Å². The number of aromatic amines is 1. The Hall–Kier alpha value is -3.40. The van der Waals surface area contributed by atoms with Gasteiger partial charge >= 0.3 is 6.03 Å². The van der Waals surface area contributed by atoms with Crippen molar-refractivity contribution in [2.75, 3.05) is 5.32 Å². The molecule has 0 aliphatic carbocycles. The molecule has 3 rings (SSSR count). The number of rotatable bonds is 4. The monoisotopic (exact) mass is 320 g/mol. The molecule has 2 heterocycles. The Morgan fingerprint density at radius 3 is 2.92 bits per heavy atom. The number of fused-ring (bicyclic) bond motifs is 1. The standard InChI is InChI=1S/C17H16N6O/c1-11(12-5-3-2-4-6-12)20-17(24)21-16-9-15-13(10-19-16)14(7-8-18)22-23-15/h2-6,9-11H,7H2,1H3,(H,22,23)(H2,19,20,21,24). The number of aromatic nitrogens is 3. The van der Waals surface area contributed by atoms with Crippen molar-refractivity contribution in [1.82, 2.24) is 20.5 Å². The fourth-order valence-electron chi connectivity index (χ4n) is 2.41. The Labute approximate surface area is 138 Å². The topological polar surface area (TPSA) is 106 Å². The molecule has 120 valence electrons. The molecule has 1 atom stereocenters. The number of hydrogen-bond donors (Lipinski definition) is 3. The number of pyridine rings is 1. The van der Waals surface area contributed by atoms with Crippen LogP contribution in [-0.2, 0) is 6.42 Å². The Bertz CT molecular complexity index is 896. The van der Waals surface area contributed by atoms with Gasteiger partial charge < -0.3 is 5.32 Å². The van der Waals surface area contributed by atoms with Gasteiger partial charge in [-0.3, -0.25) is 10.4 Å². The summed E-state index contributed by atoms with van der Waals surface area (Å²) >= 11 is 0. The Balaban J connectivity index is 1.68. The molecule has 0 fully saturated rings. The van der Waals surface area contributed by atoms with Crippen LogP contribution in [0.3, 0.4) is 0 Å². The highest BCUT2D eigenvalue weighted by molar-refractivity contribution is 5.91. The zero-order valence-corrected chi connectivity index (χ0v) is 13.1. The first kappa shape index (κ1) is 15.5. The molecule has 7 nitrogen and oxygen atoms in total. The number of benzene rings is 1. The van der Waals surface area contributed by atoms with Crippen LogP contribution < -0.4 is 10.6 Å². The minimum Gasteiger partial charge on any atom is -0.331 e. The highest BCUT2D eigenvalue weighted by Crippen LogP contribution is 2.18. The second kappa shape index (κ2) is 6.79. The molecule has 1 unspecified atom stereocenters. The van der Waals surface area contributed by atoms with Crippen LogP contribution in [0, 0.1) is 11.3 Å². The largest absolute Gasteiger partial charge is 0.331 e. The van der Waals surface area contributed by atoms with Gasteiger partial charge in [-0.2, -0.15) is 10.4 Å². The highest BCUT2D eigenvalue weighted by atomic mass is 16.2. The van der Waals surface area contributed by atoms with Gasteiger partial charge in [0.15, 0.2) is 0 Å². The average molecular weight is 320 g/mol. The molecule has 3 aromatic rings. The number of amides is 2. The lowest BCUT2D eigenvalue weighted by Gasteiger charge is -2.14. The molecule has 2 amide bonds. The summed E-state index contributed by atoms with van der Waals surface area (Å²) < 4.78 is 0. The van der Waals surface area contributed by atoms with Crippen LogP contribution >= 0.6 is 0 Å². The van der Waals surface area contributed by atoms with Gasteiger partial charge in [-0.05, 0) is 12.5 Å². The number of nitrogens with one attached hydrogen (secondary N) is 3. The van der Waals surface area contributed by atoms with Crippen LogP contribution in [0.25, 0.3) is 10.9 Å². The number of hydrogen-bond acceptors (Lipinski definition) is 4. The number of carbonyl (C=O) groups excluding carboxylic acids is 1. The summed E-state index contributed by atoms with van der Waals surface area (Å²) in [6.07, 6.45) is 1.84. The SMILES string of the molecule is CC(NC(=O)Nc1cc2n[nH]c(CC#N)c2cn1)c1ccccc1. The lowest BCUT2D eigenvalue weighted by atomic mass is 10.1. The van der Waals surface area contributed by atoms with E-state index in [2.05, 4.69) is 31.9 Å². The van der Waals surface area contributed by atoms with E-state index in [9.17, 15) is 4.79 Å². The number of H-pyrrole nitrogens is 1. The summed E-state index contributed by atoms with van der Waals surface area (Å²) in [4.78, 5) is 16.3. The first-order valence-corrected chi connectivity index (χ1v) is 7.50. The summed E-state index contributed by atoms with van der Waals surface area (Å²) in [6, 6.07) is 13.0. The van der Waals surface area contributed by atoms with Gasteiger partial charge in [0.2, 0.25) is 0 Å². The number of nitriles is 1. The molecule has 1 aromatic carbocycles. The predicted octanol–water partition coefficient (Wildman–Crippen LogP) is 2.91. The summed E-state index contributed by atoms with van der Waals surface area (Å²) in [5.41, 5.74) is 2.39. The molecule has 0 aliphatic heterocycles. The molecular formula is C17H16N6O. The van der Waals surface area contributed by atoms with Crippen molar-refractivity contribution < 1.29 is 4.79 Å². The Morgan fingerprint density at radius 2 is 2.17 bits per heavy atom. The van der Waals surface area contributed by atoms with Crippen LogP contribution in [0.1, 0.15) is 24.2 Å². The third kappa shape index (κ3) is 3.33. The highest BCUT2D eigenvalue weighted by Gasteiger charge is 2.11. The zero-order valence-electron chi connectivity index (χ0n) is 13.1. The number of nitrogens with zero attached hydrogens (tertiary/aromatic N) is 3. The van der Waals surface area contributed by atoms with E-state index in [-0.39, 0.29) is 18.5 Å². The van der Waals surface area contributed by atoms with Crippen LogP contribution in [0.5, 0.6) is 0 Å². The number of urea groups is 1. The minimum absolute atomic E-state index is 0.123. The lowest BCUT2D eigenvalue weighted by molar-refractivity contribution is 0.249. The quantitative estimate of drug-likeness (QED) is 0.687. The predicted molar refractivity (Wildman–Crippen MR) is 90.2 cm³/mol. The number of anilines is 1. The maximum Gasteiger partial charge on any atom is 0.320 e. The van der Waals surface area contributed by atoms with E-state index in [0.717, 1.165) is 10.9 Å². The summed E-state index contributed by atoms with van der Waals surface area (Å²) in [7, 11) is 0. The summed E-state index contributed by atoms with van der Waals surface area (Å²) in [5, 5.41) is 22.0. The molecule has 3 N–H and O–H groups in total. The van der Waals surface area contributed by atoms with Crippen LogP contribution in [0.4, 0.5) is 10.6 Å². The normalized spacial score (nSPS) is 11.7. The molecule has 7 heteroatoms. The maximum absolute atomic E-state index is 12.1. The second-order valence-electron chi connectivity index (χ2n) is 5.35. The molecule has 0 saturated carbocycles. The molecule has 0 radical (unpaired) electrons. The Kier molecular flexibility index (Phi) is 4.38. The smallest absolute Gasteiger partial charge is 0.320 e. The van der Waals surface area contributed by atoms with Crippen LogP contribution in [0.2, 0.25) is 0 Å². The Morgan fingerprint density at radius 1 is 1.38 bits per heavy atom. The van der Waals surface area contributed by atoms with Gasteiger partial charge in [-0.15, -0.1) is 0 Å². The molecule has 2 aromatic heterocycles. The van der Waals surface area contributed by atoms with E-state index in [1.54, 1.807) is 12.3 Å². The number of carbonyl (C=O) groups is 1. The van der Waals surface area contributed by atoms with Crippen molar-refractivity contribution in [3.05, 3.63) is 53.9 Å². The molecule has 24 heavy (non-hydrogen) atoms. The third-order valence-corrected chi connectivity index (χ3v) is 3.66. The fourth-order valence-corrected chi connectivity index (χ4v) is 2.41. The van der Waals surface area contributed by atoms with E-state index >= 15 is 0 Å². The molecule has 0 bridgehead atoms. The van der Waals surface area contributed by atoms with Gasteiger partial charge in [0, 0.05) is 17.6 Å². The second-order valence-corrected chi connectivity index (χ2v) is 5.35. The maximum atomic E-state index is 12.1. The van der Waals surface area contributed by atoms with Crippen molar-refractivity contribution in [2.45, 2.75) is 19.4 Å². The molecule has 0 spiro atoms. The van der Waals surface area contributed by atoms with Gasteiger partial charge in [0.25, 0.3) is 0 Å². The van der Waals surface area contributed by atoms with E-state index in [0.29, 0.717) is 17.0 Å². The molecule has 0 saturated heterocycles. The van der Waals surface area contributed by atoms with Crippen molar-refractivity contribution in [2.24, 2.45) is 0 Å². The van der Waals surface area contributed by atoms with Gasteiger partial charge in [-0.1, -0.05) is 30.3 Å². The summed E-state index contributed by atoms with van der Waals surface area (Å²) in [5.74, 6) is 0.398. The van der Waals surface area contributed by atoms with Crippen LogP contribution in [-0.4, -0.2) is 21.2 Å². The first-order valence-electron chi connectivity index (χ1n) is 7.50. The van der Waals surface area contributed by atoms with Crippen molar-refractivity contribution >= 4 is 22.8 Å². The van der Waals surface area contributed by atoms with Gasteiger partial charge in [0.1, 0.15) is 5.82 Å².